The van der Waals surface area contributed by atoms with Crippen LogP contribution in [-0.2, 0) is 0 Å². The molecule has 0 aliphatic carbocycles. The molecule has 0 fully saturated rings. The van der Waals surface area contributed by atoms with E-state index in [1.54, 1.807) is 11.3 Å². The van der Waals surface area contributed by atoms with Gasteiger partial charge in [0.25, 0.3) is 9.79 Å². The first-order valence-corrected chi connectivity index (χ1v) is 5.13. The first-order valence-electron chi connectivity index (χ1n) is 3.17. The minimum atomic E-state index is 0.490. The van der Waals surface area contributed by atoms with Crippen LogP contribution in [0.1, 0.15) is 5.01 Å². The lowest BCUT2D eigenvalue weighted by molar-refractivity contribution is 0.535. The van der Waals surface area contributed by atoms with E-state index in [9.17, 15) is 0 Å². The largest absolute Gasteiger partial charge is 0.410 e. The van der Waals surface area contributed by atoms with Crippen LogP contribution < -0.4 is 0 Å². The Bertz CT molecular complexity index is 359. The summed E-state index contributed by atoms with van der Waals surface area (Å²) in [4.78, 5) is 4.21. The molecule has 6 heteroatoms. The quantitative estimate of drug-likeness (QED) is 0.756. The van der Waals surface area contributed by atoms with Crippen molar-refractivity contribution in [3.05, 3.63) is 14.3 Å². The van der Waals surface area contributed by atoms with E-state index in [2.05, 4.69) is 15.2 Å². The molecule has 0 amide bonds. The molecule has 0 aliphatic rings. The minimum Gasteiger partial charge on any atom is -0.410 e. The van der Waals surface area contributed by atoms with Gasteiger partial charge in [0.05, 0.1) is 5.01 Å². The van der Waals surface area contributed by atoms with Crippen molar-refractivity contribution in [3.8, 4) is 11.6 Å². The zero-order valence-electron chi connectivity index (χ0n) is 6.11. The summed E-state index contributed by atoms with van der Waals surface area (Å²) in [6.07, 6.45) is 0. The maximum atomic E-state index is 5.19. The Morgan fingerprint density at radius 2 is 2.33 bits per heavy atom. The monoisotopic (exact) mass is 293 g/mol. The highest BCUT2D eigenvalue weighted by Gasteiger charge is 2.08. The number of thiazole rings is 1. The molecule has 0 aromatic carbocycles. The van der Waals surface area contributed by atoms with E-state index in [0.717, 1.165) is 10.7 Å². The van der Waals surface area contributed by atoms with Crippen molar-refractivity contribution in [2.75, 3.05) is 0 Å². The third-order valence-electron chi connectivity index (χ3n) is 1.24. The van der Waals surface area contributed by atoms with Gasteiger partial charge in [-0.1, -0.05) is 0 Å². The van der Waals surface area contributed by atoms with Crippen molar-refractivity contribution in [1.82, 2.24) is 15.2 Å². The summed E-state index contributed by atoms with van der Waals surface area (Å²) in [7, 11) is 0. The third kappa shape index (κ3) is 1.48. The molecule has 0 bridgehead atoms. The maximum absolute atomic E-state index is 5.19. The van der Waals surface area contributed by atoms with E-state index in [-0.39, 0.29) is 0 Å². The summed E-state index contributed by atoms with van der Waals surface area (Å²) in [5.41, 5.74) is 0.757. The van der Waals surface area contributed by atoms with Gasteiger partial charge in [-0.3, -0.25) is 0 Å². The molecule has 0 radical (unpaired) electrons. The first kappa shape index (κ1) is 8.11. The van der Waals surface area contributed by atoms with Crippen LogP contribution in [0, 0.1) is 10.8 Å². The zero-order valence-corrected chi connectivity index (χ0v) is 9.09. The normalized spacial score (nSPS) is 10.5. The topological polar surface area (TPSA) is 51.8 Å². The predicted molar refractivity (Wildman–Crippen MR) is 52.9 cm³/mol. The van der Waals surface area contributed by atoms with Gasteiger partial charge in [0, 0.05) is 28.0 Å². The van der Waals surface area contributed by atoms with Gasteiger partial charge in [-0.25, -0.2) is 4.98 Å². The summed E-state index contributed by atoms with van der Waals surface area (Å²) in [6.45, 7) is 1.94. The highest BCUT2D eigenvalue weighted by atomic mass is 127. The molecule has 2 heterocycles. The number of aryl methyl sites for hydroxylation is 1. The van der Waals surface area contributed by atoms with Gasteiger partial charge in [-0.05, 0) is 6.92 Å². The number of halogens is 1. The Balaban J connectivity index is 2.43. The fraction of sp³-hybridized carbons (Fsp3) is 0.167. The second-order valence-corrected chi connectivity index (χ2v) is 4.10. The fourth-order valence-electron chi connectivity index (χ4n) is 0.770. The average molecular weight is 293 g/mol. The Labute approximate surface area is 86.2 Å². The average Bonchev–Trinajstić information content (AvgIpc) is 2.58. The lowest BCUT2D eigenvalue weighted by atomic mass is 10.5. The van der Waals surface area contributed by atoms with E-state index < -0.39 is 0 Å². The standard InChI is InChI=1S/C6H4IN3OS/c1-3-8-4(2-12-3)5-9-10-6(7)11-5/h2H,1H3. The van der Waals surface area contributed by atoms with Crippen LogP contribution in [0.5, 0.6) is 0 Å². The Morgan fingerprint density at radius 1 is 1.50 bits per heavy atom. The SMILES string of the molecule is Cc1nc(-c2nnc(I)o2)cs1. The minimum absolute atomic E-state index is 0.490. The van der Waals surface area contributed by atoms with E-state index in [0.29, 0.717) is 9.79 Å². The highest BCUT2D eigenvalue weighted by Crippen LogP contribution is 2.20. The van der Waals surface area contributed by atoms with Gasteiger partial charge in [-0.2, -0.15) is 0 Å². The predicted octanol–water partition coefficient (Wildman–Crippen LogP) is 2.11. The Morgan fingerprint density at radius 3 is 2.83 bits per heavy atom. The fourth-order valence-corrected chi connectivity index (χ4v) is 1.67. The van der Waals surface area contributed by atoms with Crippen LogP contribution in [0.2, 0.25) is 0 Å². The summed E-state index contributed by atoms with van der Waals surface area (Å²) < 4.78 is 5.73. The molecular formula is C6H4IN3OS. The van der Waals surface area contributed by atoms with Crippen molar-refractivity contribution in [2.24, 2.45) is 0 Å². The number of rotatable bonds is 1. The van der Waals surface area contributed by atoms with Gasteiger partial charge in [0.1, 0.15) is 5.69 Å². The number of hydrogen-bond donors (Lipinski definition) is 0. The Hall–Kier alpha value is -0.500. The number of nitrogens with zero attached hydrogens (tertiary/aromatic N) is 3. The van der Waals surface area contributed by atoms with Crippen LogP contribution in [-0.4, -0.2) is 15.2 Å². The lowest BCUT2D eigenvalue weighted by Crippen LogP contribution is -1.77. The molecule has 62 valence electrons. The summed E-state index contributed by atoms with van der Waals surface area (Å²) >= 11 is 3.54. The van der Waals surface area contributed by atoms with Crippen LogP contribution in [0.25, 0.3) is 11.6 Å². The first-order chi connectivity index (χ1) is 5.75. The lowest BCUT2D eigenvalue weighted by Gasteiger charge is -1.82. The molecule has 0 saturated heterocycles. The molecule has 12 heavy (non-hydrogen) atoms. The third-order valence-corrected chi connectivity index (χ3v) is 2.45. The van der Waals surface area contributed by atoms with Crippen LogP contribution in [0.15, 0.2) is 9.80 Å². The van der Waals surface area contributed by atoms with Gasteiger partial charge in [0.15, 0.2) is 0 Å². The molecule has 0 unspecified atom stereocenters. The van der Waals surface area contributed by atoms with Gasteiger partial charge in [-0.15, -0.1) is 21.5 Å². The van der Waals surface area contributed by atoms with E-state index in [4.69, 9.17) is 4.42 Å². The molecule has 2 aromatic rings. The van der Waals surface area contributed by atoms with E-state index >= 15 is 0 Å². The van der Waals surface area contributed by atoms with Crippen molar-refractivity contribution in [2.45, 2.75) is 6.92 Å². The molecule has 0 atom stereocenters. The molecule has 0 aliphatic heterocycles. The van der Waals surface area contributed by atoms with Crippen molar-refractivity contribution in [1.29, 1.82) is 0 Å². The molecule has 0 spiro atoms. The zero-order chi connectivity index (χ0) is 8.55. The summed E-state index contributed by atoms with van der Waals surface area (Å²) in [5.74, 6) is 0.490. The smallest absolute Gasteiger partial charge is 0.278 e. The van der Waals surface area contributed by atoms with Crippen LogP contribution in [0.3, 0.4) is 0 Å². The van der Waals surface area contributed by atoms with Gasteiger partial charge in [0.2, 0.25) is 0 Å². The van der Waals surface area contributed by atoms with Crippen molar-refractivity contribution < 1.29 is 4.42 Å². The molecule has 0 saturated carbocycles. The molecule has 2 aromatic heterocycles. The Kier molecular flexibility index (Phi) is 2.09. The van der Waals surface area contributed by atoms with Crippen LogP contribution in [0.4, 0.5) is 0 Å². The van der Waals surface area contributed by atoms with Gasteiger partial charge < -0.3 is 4.42 Å². The van der Waals surface area contributed by atoms with Crippen molar-refractivity contribution >= 4 is 33.9 Å². The summed E-state index contributed by atoms with van der Waals surface area (Å²) in [5, 5.41) is 10.5. The second-order valence-electron chi connectivity index (χ2n) is 2.11. The molecular weight excluding hydrogens is 289 g/mol. The highest BCUT2D eigenvalue weighted by molar-refractivity contribution is 14.1. The maximum Gasteiger partial charge on any atom is 0.278 e. The molecule has 0 N–H and O–H groups in total. The second kappa shape index (κ2) is 3.09. The van der Waals surface area contributed by atoms with E-state index in [1.807, 2.05) is 34.9 Å². The number of aromatic nitrogens is 3. The van der Waals surface area contributed by atoms with Crippen LogP contribution >= 0.6 is 33.9 Å². The molecule has 4 nitrogen and oxygen atoms in total. The summed E-state index contributed by atoms with van der Waals surface area (Å²) in [6, 6.07) is 0. The molecule has 2 rings (SSSR count). The van der Waals surface area contributed by atoms with Crippen molar-refractivity contribution in [3.63, 3.8) is 0 Å². The van der Waals surface area contributed by atoms with Gasteiger partial charge >= 0.3 is 0 Å². The number of hydrogen-bond acceptors (Lipinski definition) is 5. The van der Waals surface area contributed by atoms with E-state index in [1.165, 1.54) is 0 Å².